The fourth-order valence-corrected chi connectivity index (χ4v) is 2.22. The van der Waals surface area contributed by atoms with E-state index in [1.165, 1.54) is 25.8 Å². The van der Waals surface area contributed by atoms with Crippen LogP contribution in [-0.2, 0) is 9.47 Å². The number of ether oxygens (including phenoxy) is 2. The molecule has 0 aromatic heterocycles. The Morgan fingerprint density at radius 2 is 2.24 bits per heavy atom. The smallest absolute Gasteiger partial charge is 0.0622 e. The maximum absolute atomic E-state index is 5.51. The molecule has 1 unspecified atom stereocenters. The topological polar surface area (TPSA) is 33.7 Å². The quantitative estimate of drug-likeness (QED) is 0.616. The van der Waals surface area contributed by atoms with Gasteiger partial charge in [-0.1, -0.05) is 6.92 Å². The van der Waals surface area contributed by atoms with E-state index < -0.39 is 0 Å². The van der Waals surface area contributed by atoms with Gasteiger partial charge in [-0.05, 0) is 32.4 Å². The second-order valence-corrected chi connectivity index (χ2v) is 4.62. The number of nitrogens with zero attached hydrogens (tertiary/aromatic N) is 1. The third kappa shape index (κ3) is 6.36. The molecule has 1 atom stereocenters. The molecular formula is C13H28N2O2. The average molecular weight is 244 g/mol. The Kier molecular flexibility index (Phi) is 8.61. The van der Waals surface area contributed by atoms with Crippen LogP contribution in [0, 0.1) is 0 Å². The molecule has 17 heavy (non-hydrogen) atoms. The summed E-state index contributed by atoms with van der Waals surface area (Å²) in [5.41, 5.74) is 0. The monoisotopic (exact) mass is 244 g/mol. The Bertz CT molecular complexity index is 179. The molecule has 1 heterocycles. The summed E-state index contributed by atoms with van der Waals surface area (Å²) in [5.74, 6) is 0. The van der Waals surface area contributed by atoms with Crippen LogP contribution in [0.2, 0.25) is 0 Å². The minimum Gasteiger partial charge on any atom is -0.383 e. The molecule has 102 valence electrons. The second-order valence-electron chi connectivity index (χ2n) is 4.62. The SMILES string of the molecule is CCC1COCCN1CCCCNCCOC. The van der Waals surface area contributed by atoms with E-state index in [0.29, 0.717) is 6.04 Å². The highest BCUT2D eigenvalue weighted by molar-refractivity contribution is 4.73. The molecule has 0 spiro atoms. The van der Waals surface area contributed by atoms with Crippen LogP contribution in [0.3, 0.4) is 0 Å². The third-order valence-electron chi connectivity index (χ3n) is 3.35. The number of unbranched alkanes of at least 4 members (excludes halogenated alkanes) is 1. The standard InChI is InChI=1S/C13H28N2O2/c1-3-13-12-17-11-9-15(13)8-5-4-6-14-7-10-16-2/h13-14H,3-12H2,1-2H3. The predicted molar refractivity (Wildman–Crippen MR) is 70.5 cm³/mol. The van der Waals surface area contributed by atoms with E-state index in [1.54, 1.807) is 7.11 Å². The van der Waals surface area contributed by atoms with Gasteiger partial charge in [-0.25, -0.2) is 0 Å². The number of hydrogen-bond donors (Lipinski definition) is 1. The normalized spacial score (nSPS) is 21.9. The Hall–Kier alpha value is -0.160. The highest BCUT2D eigenvalue weighted by Gasteiger charge is 2.20. The Morgan fingerprint density at radius 3 is 3.00 bits per heavy atom. The molecular weight excluding hydrogens is 216 g/mol. The minimum absolute atomic E-state index is 0.644. The molecule has 1 rings (SSSR count). The van der Waals surface area contributed by atoms with Gasteiger partial charge in [-0.3, -0.25) is 4.90 Å². The lowest BCUT2D eigenvalue weighted by Crippen LogP contribution is -2.45. The van der Waals surface area contributed by atoms with Crippen molar-refractivity contribution < 1.29 is 9.47 Å². The van der Waals surface area contributed by atoms with Gasteiger partial charge in [0.05, 0.1) is 19.8 Å². The summed E-state index contributed by atoms with van der Waals surface area (Å²) in [5, 5.41) is 3.38. The van der Waals surface area contributed by atoms with Gasteiger partial charge in [0.25, 0.3) is 0 Å². The van der Waals surface area contributed by atoms with Crippen molar-refractivity contribution in [2.45, 2.75) is 32.2 Å². The van der Waals surface area contributed by atoms with Crippen molar-refractivity contribution in [3.63, 3.8) is 0 Å². The van der Waals surface area contributed by atoms with Crippen LogP contribution < -0.4 is 5.32 Å². The summed E-state index contributed by atoms with van der Waals surface area (Å²) in [6, 6.07) is 0.644. The van der Waals surface area contributed by atoms with E-state index >= 15 is 0 Å². The zero-order valence-corrected chi connectivity index (χ0v) is 11.4. The highest BCUT2D eigenvalue weighted by Crippen LogP contribution is 2.10. The van der Waals surface area contributed by atoms with Gasteiger partial charge in [0.1, 0.15) is 0 Å². The van der Waals surface area contributed by atoms with Crippen LogP contribution in [0.4, 0.5) is 0 Å². The molecule has 0 aromatic carbocycles. The van der Waals surface area contributed by atoms with Gasteiger partial charge >= 0.3 is 0 Å². The van der Waals surface area contributed by atoms with Crippen LogP contribution in [0.15, 0.2) is 0 Å². The molecule has 0 amide bonds. The molecule has 0 saturated carbocycles. The molecule has 0 bridgehead atoms. The van der Waals surface area contributed by atoms with Gasteiger partial charge in [0, 0.05) is 26.2 Å². The molecule has 1 aliphatic heterocycles. The first-order valence-electron chi connectivity index (χ1n) is 6.90. The summed E-state index contributed by atoms with van der Waals surface area (Å²) < 4.78 is 10.5. The van der Waals surface area contributed by atoms with E-state index in [-0.39, 0.29) is 0 Å². The predicted octanol–water partition coefficient (Wildman–Crippen LogP) is 1.11. The van der Waals surface area contributed by atoms with Crippen LogP contribution in [0.25, 0.3) is 0 Å². The van der Waals surface area contributed by atoms with Crippen molar-refractivity contribution in [3.8, 4) is 0 Å². The summed E-state index contributed by atoms with van der Waals surface area (Å²) in [4.78, 5) is 2.58. The zero-order valence-electron chi connectivity index (χ0n) is 11.4. The first-order valence-corrected chi connectivity index (χ1v) is 6.90. The van der Waals surface area contributed by atoms with Crippen molar-refractivity contribution >= 4 is 0 Å². The molecule has 1 aliphatic rings. The summed E-state index contributed by atoms with van der Waals surface area (Å²) in [6.45, 7) is 9.27. The van der Waals surface area contributed by atoms with Crippen LogP contribution in [0.5, 0.6) is 0 Å². The van der Waals surface area contributed by atoms with Gasteiger partial charge in [0.15, 0.2) is 0 Å². The van der Waals surface area contributed by atoms with Gasteiger partial charge < -0.3 is 14.8 Å². The van der Waals surface area contributed by atoms with Crippen molar-refractivity contribution in [2.75, 3.05) is 53.1 Å². The van der Waals surface area contributed by atoms with Gasteiger partial charge in [0.2, 0.25) is 0 Å². The fourth-order valence-electron chi connectivity index (χ4n) is 2.22. The third-order valence-corrected chi connectivity index (χ3v) is 3.35. The van der Waals surface area contributed by atoms with Crippen LogP contribution >= 0.6 is 0 Å². The second kappa shape index (κ2) is 9.83. The number of nitrogens with one attached hydrogen (secondary N) is 1. The molecule has 0 aliphatic carbocycles. The molecule has 0 radical (unpaired) electrons. The van der Waals surface area contributed by atoms with E-state index in [0.717, 1.165) is 39.5 Å². The molecule has 1 saturated heterocycles. The molecule has 1 fully saturated rings. The lowest BCUT2D eigenvalue weighted by molar-refractivity contribution is -0.00910. The van der Waals surface area contributed by atoms with Crippen molar-refractivity contribution in [1.82, 2.24) is 10.2 Å². The van der Waals surface area contributed by atoms with E-state index in [1.807, 2.05) is 0 Å². The zero-order chi connectivity index (χ0) is 12.3. The first kappa shape index (κ1) is 14.9. The van der Waals surface area contributed by atoms with E-state index in [9.17, 15) is 0 Å². The molecule has 4 nitrogen and oxygen atoms in total. The maximum atomic E-state index is 5.51. The molecule has 0 aromatic rings. The van der Waals surface area contributed by atoms with Crippen LogP contribution in [-0.4, -0.2) is 64.1 Å². The van der Waals surface area contributed by atoms with Crippen molar-refractivity contribution in [3.05, 3.63) is 0 Å². The number of rotatable bonds is 9. The van der Waals surface area contributed by atoms with Crippen molar-refractivity contribution in [1.29, 1.82) is 0 Å². The van der Waals surface area contributed by atoms with E-state index in [2.05, 4.69) is 17.1 Å². The molecule has 4 heteroatoms. The Balaban J connectivity index is 1.97. The Morgan fingerprint density at radius 1 is 1.35 bits per heavy atom. The van der Waals surface area contributed by atoms with E-state index in [4.69, 9.17) is 9.47 Å². The Labute approximate surface area is 106 Å². The van der Waals surface area contributed by atoms with Gasteiger partial charge in [-0.15, -0.1) is 0 Å². The van der Waals surface area contributed by atoms with Crippen molar-refractivity contribution in [2.24, 2.45) is 0 Å². The summed E-state index contributed by atoms with van der Waals surface area (Å²) >= 11 is 0. The minimum atomic E-state index is 0.644. The summed E-state index contributed by atoms with van der Waals surface area (Å²) in [6.07, 6.45) is 3.72. The van der Waals surface area contributed by atoms with Gasteiger partial charge in [-0.2, -0.15) is 0 Å². The fraction of sp³-hybridized carbons (Fsp3) is 1.00. The maximum Gasteiger partial charge on any atom is 0.0622 e. The summed E-state index contributed by atoms with van der Waals surface area (Å²) in [7, 11) is 1.74. The lowest BCUT2D eigenvalue weighted by Gasteiger charge is -2.35. The molecule has 1 N–H and O–H groups in total. The number of hydrogen-bond acceptors (Lipinski definition) is 4. The first-order chi connectivity index (χ1) is 8.38. The van der Waals surface area contributed by atoms with Crippen LogP contribution in [0.1, 0.15) is 26.2 Å². The number of methoxy groups -OCH3 is 1. The average Bonchev–Trinajstić information content (AvgIpc) is 2.38. The largest absolute Gasteiger partial charge is 0.383 e. The highest BCUT2D eigenvalue weighted by atomic mass is 16.5. The number of morpholine rings is 1. The lowest BCUT2D eigenvalue weighted by atomic mass is 10.1.